The van der Waals surface area contributed by atoms with Crippen LogP contribution in [0.25, 0.3) is 55.9 Å². The lowest BCUT2D eigenvalue weighted by atomic mass is 9.67. The van der Waals surface area contributed by atoms with Crippen molar-refractivity contribution in [2.24, 2.45) is 4.99 Å². The van der Waals surface area contributed by atoms with E-state index in [2.05, 4.69) is 200 Å². The smallest absolute Gasteiger partial charge is 0.0947 e. The fraction of sp³-hybridized carbons (Fsp3) is 0.150. The molecule has 0 amide bonds. The molecule has 1 aliphatic heterocycles. The van der Waals surface area contributed by atoms with E-state index in [1.807, 2.05) is 0 Å². The number of rotatable bonds is 4. The van der Waals surface area contributed by atoms with Crippen LogP contribution in [0.15, 0.2) is 193 Å². The Bertz CT molecular complexity index is 3190. The molecule has 2 heteroatoms. The summed E-state index contributed by atoms with van der Waals surface area (Å²) in [5.74, 6) is 0. The molecule has 2 nitrogen and oxygen atoms in total. The third kappa shape index (κ3) is 5.01. The second-order valence-corrected chi connectivity index (χ2v) is 18.3. The van der Waals surface area contributed by atoms with E-state index in [0.717, 1.165) is 33.8 Å². The van der Waals surface area contributed by atoms with E-state index < -0.39 is 5.41 Å². The van der Waals surface area contributed by atoms with Gasteiger partial charge >= 0.3 is 0 Å². The third-order valence-electron chi connectivity index (χ3n) is 15.1. The van der Waals surface area contributed by atoms with Gasteiger partial charge in [0.1, 0.15) is 0 Å². The van der Waals surface area contributed by atoms with E-state index in [1.54, 1.807) is 11.1 Å². The lowest BCUT2D eigenvalue weighted by molar-refractivity contribution is 0.353. The van der Waals surface area contributed by atoms with Gasteiger partial charge in [-0.15, -0.1) is 0 Å². The molecule has 5 aliphatic rings. The van der Waals surface area contributed by atoms with Crippen LogP contribution in [0.1, 0.15) is 95.1 Å². The number of fused-ring (bicyclic) bond motifs is 11. The van der Waals surface area contributed by atoms with Crippen molar-refractivity contribution in [1.29, 1.82) is 0 Å². The molecule has 8 aromatic rings. The molecule has 2 atom stereocenters. The van der Waals surface area contributed by atoms with Crippen molar-refractivity contribution in [3.8, 4) is 44.5 Å². The minimum Gasteiger partial charge on any atom is -0.370 e. The number of hydrogen-bond donors (Lipinski definition) is 1. The van der Waals surface area contributed by atoms with Crippen molar-refractivity contribution in [1.82, 2.24) is 5.32 Å². The summed E-state index contributed by atoms with van der Waals surface area (Å²) in [5, 5.41) is 4.08. The number of nitrogens with one attached hydrogen (secondary N) is 1. The molecular formula is C60H46N2. The maximum absolute atomic E-state index is 5.79. The Morgan fingerprint density at radius 2 is 1.05 bits per heavy atom. The van der Waals surface area contributed by atoms with Gasteiger partial charge in [-0.05, 0) is 133 Å². The largest absolute Gasteiger partial charge is 0.370 e. The van der Waals surface area contributed by atoms with Gasteiger partial charge in [-0.1, -0.05) is 183 Å². The molecule has 1 fully saturated rings. The lowest BCUT2D eigenvalue weighted by Gasteiger charge is -2.36. The quantitative estimate of drug-likeness (QED) is 0.189. The van der Waals surface area contributed by atoms with E-state index in [-0.39, 0.29) is 11.5 Å². The van der Waals surface area contributed by atoms with Gasteiger partial charge < -0.3 is 5.32 Å². The second-order valence-electron chi connectivity index (χ2n) is 18.3. The van der Waals surface area contributed by atoms with E-state index in [0.29, 0.717) is 0 Å². The molecule has 1 N–H and O–H groups in total. The van der Waals surface area contributed by atoms with Crippen LogP contribution in [-0.2, 0) is 10.8 Å². The van der Waals surface area contributed by atoms with Crippen molar-refractivity contribution in [3.05, 3.63) is 238 Å². The first-order chi connectivity index (χ1) is 30.6. The summed E-state index contributed by atoms with van der Waals surface area (Å²) in [4.78, 5) is 5.79. The molecular weight excluding hydrogens is 749 g/mol. The van der Waals surface area contributed by atoms with Gasteiger partial charge in [0.15, 0.2) is 0 Å². The Hall–Kier alpha value is -7.03. The lowest BCUT2D eigenvalue weighted by Crippen LogP contribution is -2.32. The van der Waals surface area contributed by atoms with Gasteiger partial charge in [-0.25, -0.2) is 4.99 Å². The zero-order chi connectivity index (χ0) is 41.0. The van der Waals surface area contributed by atoms with Crippen LogP contribution in [-0.4, -0.2) is 5.71 Å². The predicted molar refractivity (Wildman–Crippen MR) is 256 cm³/mol. The third-order valence-corrected chi connectivity index (χ3v) is 15.1. The molecule has 62 heavy (non-hydrogen) atoms. The molecule has 0 radical (unpaired) electrons. The molecule has 1 spiro atoms. The molecule has 1 saturated carbocycles. The topological polar surface area (TPSA) is 24.4 Å². The summed E-state index contributed by atoms with van der Waals surface area (Å²) >= 11 is 0. The van der Waals surface area contributed by atoms with Crippen molar-refractivity contribution in [2.75, 3.05) is 0 Å². The Morgan fingerprint density at radius 1 is 0.435 bits per heavy atom. The van der Waals surface area contributed by atoms with Crippen molar-refractivity contribution < 1.29 is 0 Å². The first-order valence-electron chi connectivity index (χ1n) is 22.5. The zero-order valence-corrected chi connectivity index (χ0v) is 35.0. The summed E-state index contributed by atoms with van der Waals surface area (Å²) in [6.07, 6.45) is 6.29. The first kappa shape index (κ1) is 35.7. The SMILES string of the molecule is CC12c3cc(C4=C(c5ccccc5)NC(c5ccccc5)C(c5ccccc5)=N4)ccc3-c3cccc(c3)-c3cccc4c3-c3cc1c(cc3C41CCCCC1)-c1ccccc12. The molecule has 0 saturated heterocycles. The Morgan fingerprint density at radius 3 is 1.84 bits per heavy atom. The molecule has 13 rings (SSSR count). The van der Waals surface area contributed by atoms with E-state index in [1.165, 1.54) is 98.9 Å². The predicted octanol–water partition coefficient (Wildman–Crippen LogP) is 14.6. The van der Waals surface area contributed by atoms with Crippen LogP contribution in [0.2, 0.25) is 0 Å². The summed E-state index contributed by atoms with van der Waals surface area (Å²) < 4.78 is 0. The normalized spacial score (nSPS) is 19.6. The summed E-state index contributed by atoms with van der Waals surface area (Å²) in [6, 6.07) is 70.5. The van der Waals surface area contributed by atoms with E-state index in [4.69, 9.17) is 4.99 Å². The second kappa shape index (κ2) is 13.5. The summed E-state index contributed by atoms with van der Waals surface area (Å²) in [6.45, 7) is 2.50. The van der Waals surface area contributed by atoms with Gasteiger partial charge in [-0.3, -0.25) is 0 Å². The highest BCUT2D eigenvalue weighted by Crippen LogP contribution is 2.63. The average molecular weight is 795 g/mol. The fourth-order valence-corrected chi connectivity index (χ4v) is 12.2. The molecule has 4 aliphatic carbocycles. The van der Waals surface area contributed by atoms with Crippen LogP contribution < -0.4 is 5.32 Å². The Kier molecular flexibility index (Phi) is 7.76. The number of hydrogen-bond acceptors (Lipinski definition) is 2. The molecule has 8 aromatic carbocycles. The highest BCUT2D eigenvalue weighted by Gasteiger charge is 2.49. The van der Waals surface area contributed by atoms with Crippen LogP contribution >= 0.6 is 0 Å². The van der Waals surface area contributed by atoms with Crippen LogP contribution in [0.5, 0.6) is 0 Å². The molecule has 1 heterocycles. The van der Waals surface area contributed by atoms with Gasteiger partial charge in [0.25, 0.3) is 0 Å². The zero-order valence-electron chi connectivity index (χ0n) is 35.0. The average Bonchev–Trinajstić information content (AvgIpc) is 3.75. The van der Waals surface area contributed by atoms with Gasteiger partial charge in [0, 0.05) is 16.4 Å². The maximum Gasteiger partial charge on any atom is 0.0947 e. The maximum atomic E-state index is 5.79. The highest BCUT2D eigenvalue weighted by atomic mass is 15.0. The highest BCUT2D eigenvalue weighted by molar-refractivity contribution is 6.12. The van der Waals surface area contributed by atoms with Gasteiger partial charge in [-0.2, -0.15) is 0 Å². The number of benzene rings is 8. The number of nitrogens with zero attached hydrogens (tertiary/aromatic N) is 1. The van der Waals surface area contributed by atoms with Crippen molar-refractivity contribution in [3.63, 3.8) is 0 Å². The van der Waals surface area contributed by atoms with Crippen molar-refractivity contribution in [2.45, 2.75) is 55.9 Å². The summed E-state index contributed by atoms with van der Waals surface area (Å²) in [7, 11) is 0. The molecule has 296 valence electrons. The monoisotopic (exact) mass is 794 g/mol. The van der Waals surface area contributed by atoms with Gasteiger partial charge in [0.2, 0.25) is 0 Å². The van der Waals surface area contributed by atoms with Crippen LogP contribution in [0.4, 0.5) is 0 Å². The standard InChI is InChI=1S/C60H46N2/c1-59-49-28-13-12-26-46(49)47-36-53-48(37-52(47)59)54-45(27-17-29-50(54)60(53)32-14-5-15-33-60)42-25-16-24-41(34-42)44-31-30-43(35-51(44)59)58-57(40-22-10-4-11-23-40)61-55(38-18-6-2-7-19-38)56(62-58)39-20-8-3-9-21-39/h2-4,6-13,16-31,34-37,55,61H,5,14-15,32-33H2,1H3. The van der Waals surface area contributed by atoms with E-state index >= 15 is 0 Å². The van der Waals surface area contributed by atoms with Crippen LogP contribution in [0, 0.1) is 0 Å². The Labute approximate surface area is 364 Å². The van der Waals surface area contributed by atoms with Crippen molar-refractivity contribution >= 4 is 17.1 Å². The Balaban J connectivity index is 1.11. The van der Waals surface area contributed by atoms with Crippen LogP contribution in [0.3, 0.4) is 0 Å². The first-order valence-corrected chi connectivity index (χ1v) is 22.5. The minimum atomic E-state index is -0.446. The fourth-order valence-electron chi connectivity index (χ4n) is 12.2. The summed E-state index contributed by atoms with van der Waals surface area (Å²) in [5.41, 5.74) is 25.1. The van der Waals surface area contributed by atoms with E-state index in [9.17, 15) is 0 Å². The van der Waals surface area contributed by atoms with Gasteiger partial charge in [0.05, 0.1) is 23.1 Å². The molecule has 2 unspecified atom stereocenters. The molecule has 4 bridgehead atoms. The number of aliphatic imine (C=N–C) groups is 1. The molecule has 0 aromatic heterocycles. The minimum absolute atomic E-state index is 0.0507.